The molecule has 1 rings (SSSR count). The van der Waals surface area contributed by atoms with Gasteiger partial charge in [-0.05, 0) is 38.1 Å². The molecule has 0 bridgehead atoms. The van der Waals surface area contributed by atoms with Crippen LogP contribution in [-0.4, -0.2) is 41.2 Å². The fraction of sp³-hybridized carbons (Fsp3) is 0.400. The lowest BCUT2D eigenvalue weighted by molar-refractivity contribution is -0.262. The predicted octanol–water partition coefficient (Wildman–Crippen LogP) is 2.07. The van der Waals surface area contributed by atoms with E-state index in [0.717, 1.165) is 0 Å². The molecule has 0 saturated carbocycles. The summed E-state index contributed by atoms with van der Waals surface area (Å²) in [5, 5.41) is 11.7. The van der Waals surface area contributed by atoms with Crippen LogP contribution < -0.4 is 5.32 Å². The number of ketones is 1. The van der Waals surface area contributed by atoms with Gasteiger partial charge in [-0.15, -0.1) is 0 Å². The number of carbonyl (C=O) groups is 3. The maximum Gasteiger partial charge on any atom is 0.428 e. The average molecular weight is 347 g/mol. The van der Waals surface area contributed by atoms with Crippen LogP contribution in [0.25, 0.3) is 0 Å². The first-order chi connectivity index (χ1) is 11.0. The molecule has 2 N–H and O–H groups in total. The van der Waals surface area contributed by atoms with Crippen LogP contribution in [0.4, 0.5) is 18.9 Å². The van der Waals surface area contributed by atoms with Crippen molar-refractivity contribution < 1.29 is 37.4 Å². The summed E-state index contributed by atoms with van der Waals surface area (Å²) in [5.74, 6) is -3.40. The molecule has 24 heavy (non-hydrogen) atoms. The summed E-state index contributed by atoms with van der Waals surface area (Å²) in [7, 11) is 0. The third-order valence-electron chi connectivity index (χ3n) is 3.07. The van der Waals surface area contributed by atoms with Gasteiger partial charge < -0.3 is 15.2 Å². The summed E-state index contributed by atoms with van der Waals surface area (Å²) in [4.78, 5) is 34.3. The Kier molecular flexibility index (Phi) is 6.08. The van der Waals surface area contributed by atoms with E-state index < -0.39 is 30.1 Å². The molecule has 1 amide bonds. The molecule has 0 aromatic heterocycles. The zero-order valence-corrected chi connectivity index (χ0v) is 12.9. The third kappa shape index (κ3) is 4.54. The number of hydrogen-bond acceptors (Lipinski definition) is 5. The smallest absolute Gasteiger partial charge is 0.428 e. The number of esters is 1. The number of ether oxygens (including phenoxy) is 1. The SMILES string of the molecule is CCOC(=O)C(O)(CC(=O)Nc1ccc(C(C)=O)cc1)C(F)(F)F. The van der Waals surface area contributed by atoms with Crippen molar-refractivity contribution in [3.8, 4) is 0 Å². The van der Waals surface area contributed by atoms with Crippen LogP contribution in [0.2, 0.25) is 0 Å². The second-order valence-electron chi connectivity index (χ2n) is 4.94. The standard InChI is InChI=1S/C15H16F3NO5/c1-3-24-13(22)14(23,15(16,17)18)8-12(21)19-11-6-4-10(5-7-11)9(2)20/h4-7,23H,3,8H2,1-2H3,(H,19,21). The van der Waals surface area contributed by atoms with Crippen LogP contribution in [0.3, 0.4) is 0 Å². The number of carbonyl (C=O) groups excluding carboxylic acids is 3. The van der Waals surface area contributed by atoms with Gasteiger partial charge in [0.1, 0.15) is 0 Å². The summed E-state index contributed by atoms with van der Waals surface area (Å²) in [5.41, 5.74) is -3.48. The van der Waals surface area contributed by atoms with Crippen molar-refractivity contribution in [2.45, 2.75) is 32.0 Å². The summed E-state index contributed by atoms with van der Waals surface area (Å²) in [6, 6.07) is 5.37. The fourth-order valence-corrected chi connectivity index (χ4v) is 1.76. The predicted molar refractivity (Wildman–Crippen MR) is 77.3 cm³/mol. The number of rotatable bonds is 6. The van der Waals surface area contributed by atoms with Crippen molar-refractivity contribution in [1.29, 1.82) is 0 Å². The maximum atomic E-state index is 13.0. The van der Waals surface area contributed by atoms with Gasteiger partial charge in [0.15, 0.2) is 5.78 Å². The van der Waals surface area contributed by atoms with Crippen molar-refractivity contribution in [2.75, 3.05) is 11.9 Å². The van der Waals surface area contributed by atoms with E-state index in [9.17, 15) is 32.7 Å². The van der Waals surface area contributed by atoms with E-state index in [1.54, 1.807) is 0 Å². The Morgan fingerprint density at radius 3 is 2.12 bits per heavy atom. The van der Waals surface area contributed by atoms with Crippen molar-refractivity contribution in [1.82, 2.24) is 0 Å². The minimum atomic E-state index is -5.38. The molecule has 0 heterocycles. The first kappa shape index (κ1) is 19.6. The van der Waals surface area contributed by atoms with E-state index in [2.05, 4.69) is 10.1 Å². The quantitative estimate of drug-likeness (QED) is 0.607. The molecule has 1 aromatic rings. The number of amides is 1. The molecule has 0 saturated heterocycles. The van der Waals surface area contributed by atoms with Crippen molar-refractivity contribution in [3.63, 3.8) is 0 Å². The first-order valence-electron chi connectivity index (χ1n) is 6.88. The lowest BCUT2D eigenvalue weighted by Gasteiger charge is -2.27. The van der Waals surface area contributed by atoms with E-state index in [1.165, 1.54) is 38.1 Å². The molecule has 0 radical (unpaired) electrons. The van der Waals surface area contributed by atoms with Crippen molar-refractivity contribution >= 4 is 23.3 Å². The molecular weight excluding hydrogens is 331 g/mol. The molecule has 1 unspecified atom stereocenters. The van der Waals surface area contributed by atoms with Crippen LogP contribution in [0, 0.1) is 0 Å². The highest BCUT2D eigenvalue weighted by Crippen LogP contribution is 2.34. The largest absolute Gasteiger partial charge is 0.464 e. The van der Waals surface area contributed by atoms with E-state index in [4.69, 9.17) is 0 Å². The van der Waals surface area contributed by atoms with Crippen LogP contribution in [0.1, 0.15) is 30.6 Å². The molecule has 132 valence electrons. The molecule has 0 spiro atoms. The fourth-order valence-electron chi connectivity index (χ4n) is 1.76. The van der Waals surface area contributed by atoms with E-state index in [0.29, 0.717) is 5.56 Å². The molecule has 1 atom stereocenters. The molecule has 0 fully saturated rings. The Hall–Kier alpha value is -2.42. The maximum absolute atomic E-state index is 13.0. The number of nitrogens with one attached hydrogen (secondary N) is 1. The number of halogens is 3. The van der Waals surface area contributed by atoms with Crippen molar-refractivity contribution in [3.05, 3.63) is 29.8 Å². The molecule has 9 heteroatoms. The summed E-state index contributed by atoms with van der Waals surface area (Å²) < 4.78 is 43.1. The van der Waals surface area contributed by atoms with Gasteiger partial charge in [-0.3, -0.25) is 9.59 Å². The number of Topliss-reactive ketones (excluding diaryl/α,β-unsaturated/α-hetero) is 1. The summed E-state index contributed by atoms with van der Waals surface area (Å²) in [6.07, 6.45) is -6.93. The molecule has 1 aromatic carbocycles. The highest BCUT2D eigenvalue weighted by Gasteiger charge is 2.61. The van der Waals surface area contributed by atoms with Crippen LogP contribution in [-0.2, 0) is 14.3 Å². The monoisotopic (exact) mass is 347 g/mol. The average Bonchev–Trinajstić information content (AvgIpc) is 2.46. The minimum absolute atomic E-state index is 0.110. The van der Waals surface area contributed by atoms with Gasteiger partial charge in [-0.1, -0.05) is 0 Å². The number of anilines is 1. The second-order valence-corrected chi connectivity index (χ2v) is 4.94. The normalized spacial score (nSPS) is 13.8. The van der Waals surface area contributed by atoms with E-state index in [1.807, 2.05) is 0 Å². The topological polar surface area (TPSA) is 92.7 Å². The number of alkyl halides is 3. The molecular formula is C15H16F3NO5. The van der Waals surface area contributed by atoms with Gasteiger partial charge in [0.25, 0.3) is 5.60 Å². The molecule has 0 aliphatic rings. The molecule has 0 aliphatic heterocycles. The zero-order chi connectivity index (χ0) is 18.5. The van der Waals surface area contributed by atoms with Crippen LogP contribution >= 0.6 is 0 Å². The molecule has 0 aliphatic carbocycles. The Bertz CT molecular complexity index is 627. The number of hydrogen-bond donors (Lipinski definition) is 2. The lowest BCUT2D eigenvalue weighted by Crippen LogP contribution is -2.54. The third-order valence-corrected chi connectivity index (χ3v) is 3.07. The van der Waals surface area contributed by atoms with Crippen LogP contribution in [0.15, 0.2) is 24.3 Å². The number of benzene rings is 1. The minimum Gasteiger partial charge on any atom is -0.464 e. The van der Waals surface area contributed by atoms with Gasteiger partial charge in [-0.25, -0.2) is 4.79 Å². The lowest BCUT2D eigenvalue weighted by atomic mass is 9.98. The highest BCUT2D eigenvalue weighted by molar-refractivity contribution is 5.97. The Morgan fingerprint density at radius 1 is 1.17 bits per heavy atom. The van der Waals surface area contributed by atoms with Crippen molar-refractivity contribution in [2.24, 2.45) is 0 Å². The summed E-state index contributed by atoms with van der Waals surface area (Å²) in [6.45, 7) is 2.22. The van der Waals surface area contributed by atoms with E-state index >= 15 is 0 Å². The van der Waals surface area contributed by atoms with Gasteiger partial charge in [0.05, 0.1) is 13.0 Å². The van der Waals surface area contributed by atoms with Gasteiger partial charge >= 0.3 is 12.1 Å². The molecule has 6 nitrogen and oxygen atoms in total. The van der Waals surface area contributed by atoms with Gasteiger partial charge in [-0.2, -0.15) is 13.2 Å². The highest BCUT2D eigenvalue weighted by atomic mass is 19.4. The Balaban J connectivity index is 2.89. The number of aliphatic hydroxyl groups is 1. The Labute approximate surface area is 135 Å². The van der Waals surface area contributed by atoms with E-state index in [-0.39, 0.29) is 18.1 Å². The second kappa shape index (κ2) is 7.43. The van der Waals surface area contributed by atoms with Gasteiger partial charge in [0.2, 0.25) is 5.91 Å². The first-order valence-corrected chi connectivity index (χ1v) is 6.88. The zero-order valence-electron chi connectivity index (χ0n) is 12.9. The van der Waals surface area contributed by atoms with Crippen LogP contribution in [0.5, 0.6) is 0 Å². The van der Waals surface area contributed by atoms with Gasteiger partial charge in [0, 0.05) is 11.3 Å². The summed E-state index contributed by atoms with van der Waals surface area (Å²) >= 11 is 0. The Morgan fingerprint density at radius 2 is 1.71 bits per heavy atom.